The number of aryl methyl sites for hydroxylation is 2. The first-order valence-corrected chi connectivity index (χ1v) is 12.0. The highest BCUT2D eigenvalue weighted by Gasteiger charge is 2.33. The Kier molecular flexibility index (Phi) is 6.37. The number of rotatable bonds is 5. The van der Waals surface area contributed by atoms with Crippen molar-refractivity contribution >= 4 is 17.0 Å². The number of ether oxygens (including phenoxy) is 1. The van der Waals surface area contributed by atoms with Crippen molar-refractivity contribution in [2.24, 2.45) is 5.92 Å². The summed E-state index contributed by atoms with van der Waals surface area (Å²) in [7, 11) is 0. The Morgan fingerprint density at radius 2 is 1.73 bits per heavy atom. The Bertz CT molecular complexity index is 1150. The van der Waals surface area contributed by atoms with E-state index >= 15 is 0 Å². The molecule has 0 saturated heterocycles. The van der Waals surface area contributed by atoms with Gasteiger partial charge in [-0.25, -0.2) is 9.78 Å². The summed E-state index contributed by atoms with van der Waals surface area (Å²) in [6, 6.07) is 10.8. The summed E-state index contributed by atoms with van der Waals surface area (Å²) in [5, 5.41) is 11.2. The molecule has 5 nitrogen and oxygen atoms in total. The molecule has 1 saturated carbocycles. The van der Waals surface area contributed by atoms with Crippen LogP contribution in [0.4, 0.5) is 0 Å². The lowest BCUT2D eigenvalue weighted by Crippen LogP contribution is -2.28. The number of benzene rings is 1. The second kappa shape index (κ2) is 8.94. The summed E-state index contributed by atoms with van der Waals surface area (Å²) in [5.41, 5.74) is 4.74. The minimum Gasteiger partial charge on any atom is -0.479 e. The fourth-order valence-electron chi connectivity index (χ4n) is 5.05. The molecule has 4 rings (SSSR count). The van der Waals surface area contributed by atoms with E-state index in [1.54, 1.807) is 0 Å². The first-order chi connectivity index (χ1) is 15.5. The molecule has 176 valence electrons. The summed E-state index contributed by atoms with van der Waals surface area (Å²) in [5.74, 6) is -0.221. The zero-order chi connectivity index (χ0) is 23.9. The van der Waals surface area contributed by atoms with E-state index in [0.717, 1.165) is 46.5 Å². The Hall–Kier alpha value is -2.66. The highest BCUT2D eigenvalue weighted by molar-refractivity contribution is 5.97. The lowest BCUT2D eigenvalue weighted by atomic mass is 9.87. The third-order valence-electron chi connectivity index (χ3n) is 6.77. The van der Waals surface area contributed by atoms with Crippen LogP contribution in [-0.2, 0) is 9.53 Å². The fourth-order valence-corrected chi connectivity index (χ4v) is 5.05. The second-order valence-electron chi connectivity index (χ2n) is 10.7. The van der Waals surface area contributed by atoms with Gasteiger partial charge in [0, 0.05) is 34.4 Å². The maximum Gasteiger partial charge on any atom is 0.337 e. The van der Waals surface area contributed by atoms with Gasteiger partial charge < -0.3 is 14.4 Å². The van der Waals surface area contributed by atoms with E-state index < -0.39 is 17.7 Å². The van der Waals surface area contributed by atoms with Crippen LogP contribution in [0.3, 0.4) is 0 Å². The molecule has 0 spiro atoms. The predicted molar refractivity (Wildman–Crippen MR) is 133 cm³/mol. The van der Waals surface area contributed by atoms with E-state index in [1.807, 2.05) is 27.7 Å². The molecule has 0 bridgehead atoms. The molecule has 1 aliphatic rings. The van der Waals surface area contributed by atoms with Crippen molar-refractivity contribution in [3.05, 3.63) is 53.3 Å². The molecule has 1 aromatic carbocycles. The highest BCUT2D eigenvalue weighted by atomic mass is 16.5. The van der Waals surface area contributed by atoms with Crippen LogP contribution in [0.2, 0.25) is 0 Å². The van der Waals surface area contributed by atoms with E-state index in [0.29, 0.717) is 17.3 Å². The summed E-state index contributed by atoms with van der Waals surface area (Å²) >= 11 is 0. The smallest absolute Gasteiger partial charge is 0.337 e. The summed E-state index contributed by atoms with van der Waals surface area (Å²) in [6.45, 7) is 12.0. The number of aliphatic carboxylic acids is 1. The molecular weight excluding hydrogens is 412 g/mol. The van der Waals surface area contributed by atoms with Crippen LogP contribution in [0, 0.1) is 19.8 Å². The van der Waals surface area contributed by atoms with Gasteiger partial charge in [-0.3, -0.25) is 0 Å². The number of pyridine rings is 1. The topological polar surface area (TPSA) is 64.3 Å². The molecular formula is C28H36N2O3. The molecule has 0 amide bonds. The predicted octanol–water partition coefficient (Wildman–Crippen LogP) is 7.01. The van der Waals surface area contributed by atoms with Gasteiger partial charge in [0.05, 0.1) is 5.60 Å². The zero-order valence-electron chi connectivity index (χ0n) is 20.7. The van der Waals surface area contributed by atoms with Crippen molar-refractivity contribution in [3.63, 3.8) is 0 Å². The molecule has 2 heterocycles. The molecule has 0 aliphatic heterocycles. The molecule has 5 heteroatoms. The van der Waals surface area contributed by atoms with E-state index in [9.17, 15) is 9.90 Å². The average Bonchev–Trinajstić information content (AvgIpc) is 3.15. The van der Waals surface area contributed by atoms with Crippen molar-refractivity contribution in [1.82, 2.24) is 9.55 Å². The minimum absolute atomic E-state index is 0.434. The minimum atomic E-state index is -1.10. The maximum atomic E-state index is 12.4. The third-order valence-corrected chi connectivity index (χ3v) is 6.77. The van der Waals surface area contributed by atoms with Crippen LogP contribution in [0.15, 0.2) is 36.5 Å². The van der Waals surface area contributed by atoms with E-state index in [-0.39, 0.29) is 0 Å². The lowest BCUT2D eigenvalue weighted by Gasteiger charge is -2.29. The molecule has 1 unspecified atom stereocenters. The Morgan fingerprint density at radius 3 is 2.30 bits per heavy atom. The monoisotopic (exact) mass is 448 g/mol. The van der Waals surface area contributed by atoms with Gasteiger partial charge in [-0.05, 0) is 77.8 Å². The normalized spacial score (nSPS) is 20.2. The number of carboxylic acid groups (broad SMARTS) is 1. The number of nitrogens with zero attached hydrogens (tertiary/aromatic N) is 2. The largest absolute Gasteiger partial charge is 0.479 e. The standard InChI is InChI=1S/C28H36N2O3/c1-17-7-11-20(12-8-17)24-22-15-16-30(21-13-9-18(2)10-14-21)26(22)29-19(3)23(24)25(27(31)32)33-28(4,5)6/h7-8,11-12,15-16,18,21,25H,9-10,13-14H2,1-6H3,(H,31,32). The molecule has 33 heavy (non-hydrogen) atoms. The number of carboxylic acids is 1. The van der Waals surface area contributed by atoms with Gasteiger partial charge in [0.15, 0.2) is 6.10 Å². The van der Waals surface area contributed by atoms with Gasteiger partial charge in [-0.2, -0.15) is 0 Å². The number of aromatic nitrogens is 2. The Labute approximate surface area is 196 Å². The van der Waals surface area contributed by atoms with Crippen LogP contribution < -0.4 is 0 Å². The molecule has 0 radical (unpaired) electrons. The fraction of sp³-hybridized carbons (Fsp3) is 0.500. The molecule has 1 fully saturated rings. The molecule has 1 aliphatic carbocycles. The summed E-state index contributed by atoms with van der Waals surface area (Å²) in [6.07, 6.45) is 5.80. The average molecular weight is 449 g/mol. The van der Waals surface area contributed by atoms with Crippen molar-refractivity contribution in [2.75, 3.05) is 0 Å². The Balaban J connectivity index is 1.95. The van der Waals surface area contributed by atoms with Crippen molar-refractivity contribution in [2.45, 2.75) is 85.0 Å². The third kappa shape index (κ3) is 4.84. The van der Waals surface area contributed by atoms with Crippen LogP contribution in [0.1, 0.15) is 82.3 Å². The van der Waals surface area contributed by atoms with Gasteiger partial charge in [0.25, 0.3) is 0 Å². The van der Waals surface area contributed by atoms with Crippen LogP contribution >= 0.6 is 0 Å². The van der Waals surface area contributed by atoms with E-state index in [2.05, 4.69) is 54.9 Å². The number of hydrogen-bond acceptors (Lipinski definition) is 3. The van der Waals surface area contributed by atoms with E-state index in [4.69, 9.17) is 9.72 Å². The van der Waals surface area contributed by atoms with Gasteiger partial charge in [-0.15, -0.1) is 0 Å². The molecule has 1 atom stereocenters. The Morgan fingerprint density at radius 1 is 1.09 bits per heavy atom. The van der Waals surface area contributed by atoms with Gasteiger partial charge >= 0.3 is 5.97 Å². The van der Waals surface area contributed by atoms with Crippen molar-refractivity contribution in [1.29, 1.82) is 0 Å². The van der Waals surface area contributed by atoms with Crippen molar-refractivity contribution < 1.29 is 14.6 Å². The first-order valence-electron chi connectivity index (χ1n) is 12.0. The quantitative estimate of drug-likeness (QED) is 0.456. The van der Waals surface area contributed by atoms with Crippen LogP contribution in [0.25, 0.3) is 22.2 Å². The number of carbonyl (C=O) groups is 1. The number of fused-ring (bicyclic) bond motifs is 1. The zero-order valence-corrected chi connectivity index (χ0v) is 20.7. The van der Waals surface area contributed by atoms with E-state index in [1.165, 1.54) is 12.8 Å². The van der Waals surface area contributed by atoms with Gasteiger partial charge in [0.2, 0.25) is 0 Å². The lowest BCUT2D eigenvalue weighted by molar-refractivity contribution is -0.160. The van der Waals surface area contributed by atoms with Crippen LogP contribution in [0.5, 0.6) is 0 Å². The number of hydrogen-bond donors (Lipinski definition) is 1. The molecule has 3 aromatic rings. The molecule has 1 N–H and O–H groups in total. The summed E-state index contributed by atoms with van der Waals surface area (Å²) in [4.78, 5) is 17.4. The maximum absolute atomic E-state index is 12.4. The SMILES string of the molecule is Cc1ccc(-c2c(C(OC(C)(C)C)C(=O)O)c(C)nc3c2ccn3C2CCC(C)CC2)cc1. The summed E-state index contributed by atoms with van der Waals surface area (Å²) < 4.78 is 8.41. The van der Waals surface area contributed by atoms with Gasteiger partial charge in [-0.1, -0.05) is 36.8 Å². The second-order valence-corrected chi connectivity index (χ2v) is 10.7. The highest BCUT2D eigenvalue weighted by Crippen LogP contribution is 2.41. The van der Waals surface area contributed by atoms with Crippen LogP contribution in [-0.4, -0.2) is 26.2 Å². The molecule has 2 aromatic heterocycles. The van der Waals surface area contributed by atoms with Gasteiger partial charge in [0.1, 0.15) is 5.65 Å². The first kappa shape index (κ1) is 23.5. The van der Waals surface area contributed by atoms with Crippen molar-refractivity contribution in [3.8, 4) is 11.1 Å².